The SMILES string of the molecule is CCC(CC)NC(=O)C(C)N(CCCN)CC(C)C. The van der Waals surface area contributed by atoms with E-state index in [1.165, 1.54) is 0 Å². The highest BCUT2D eigenvalue weighted by Gasteiger charge is 2.22. The average molecular weight is 271 g/mol. The van der Waals surface area contributed by atoms with E-state index in [2.05, 4.69) is 37.9 Å². The lowest BCUT2D eigenvalue weighted by molar-refractivity contribution is -0.126. The van der Waals surface area contributed by atoms with Crippen molar-refractivity contribution >= 4 is 5.91 Å². The third-order valence-corrected chi connectivity index (χ3v) is 3.51. The molecule has 3 N–H and O–H groups in total. The molecule has 1 unspecified atom stereocenters. The van der Waals surface area contributed by atoms with Crippen LogP contribution in [0.5, 0.6) is 0 Å². The molecule has 19 heavy (non-hydrogen) atoms. The maximum absolute atomic E-state index is 12.3. The summed E-state index contributed by atoms with van der Waals surface area (Å²) >= 11 is 0. The topological polar surface area (TPSA) is 58.4 Å². The normalized spacial score (nSPS) is 13.3. The van der Waals surface area contributed by atoms with Gasteiger partial charge in [0.25, 0.3) is 0 Å². The van der Waals surface area contributed by atoms with Crippen LogP contribution < -0.4 is 11.1 Å². The van der Waals surface area contributed by atoms with Crippen LogP contribution in [0.3, 0.4) is 0 Å². The number of amides is 1. The van der Waals surface area contributed by atoms with Crippen molar-refractivity contribution in [1.82, 2.24) is 10.2 Å². The largest absolute Gasteiger partial charge is 0.352 e. The summed E-state index contributed by atoms with van der Waals surface area (Å²) in [5.41, 5.74) is 5.58. The standard InChI is InChI=1S/C15H33N3O/c1-6-14(7-2)17-15(19)13(5)18(10-8-9-16)11-12(3)4/h12-14H,6-11,16H2,1-5H3,(H,17,19). The molecule has 114 valence electrons. The van der Waals surface area contributed by atoms with Gasteiger partial charge in [-0.25, -0.2) is 0 Å². The minimum absolute atomic E-state index is 0.0745. The molecule has 0 heterocycles. The molecule has 0 aliphatic carbocycles. The van der Waals surface area contributed by atoms with E-state index in [4.69, 9.17) is 5.73 Å². The summed E-state index contributed by atoms with van der Waals surface area (Å²) < 4.78 is 0. The molecule has 0 aromatic rings. The van der Waals surface area contributed by atoms with E-state index in [-0.39, 0.29) is 11.9 Å². The van der Waals surface area contributed by atoms with E-state index in [1.807, 2.05) is 6.92 Å². The third-order valence-electron chi connectivity index (χ3n) is 3.51. The van der Waals surface area contributed by atoms with Crippen LogP contribution in [0.25, 0.3) is 0 Å². The van der Waals surface area contributed by atoms with Gasteiger partial charge < -0.3 is 11.1 Å². The molecule has 4 nitrogen and oxygen atoms in total. The monoisotopic (exact) mass is 271 g/mol. The van der Waals surface area contributed by atoms with Gasteiger partial charge in [-0.15, -0.1) is 0 Å². The lowest BCUT2D eigenvalue weighted by Gasteiger charge is -2.30. The second-order valence-corrected chi connectivity index (χ2v) is 5.73. The molecule has 0 rings (SSSR count). The Labute approximate surface area is 119 Å². The quantitative estimate of drug-likeness (QED) is 0.639. The van der Waals surface area contributed by atoms with Crippen molar-refractivity contribution in [3.8, 4) is 0 Å². The van der Waals surface area contributed by atoms with E-state index in [0.717, 1.165) is 32.4 Å². The molecule has 0 saturated heterocycles. The highest BCUT2D eigenvalue weighted by atomic mass is 16.2. The fourth-order valence-electron chi connectivity index (χ4n) is 2.19. The summed E-state index contributed by atoms with van der Waals surface area (Å²) in [6.45, 7) is 13.1. The Morgan fingerprint density at radius 3 is 2.21 bits per heavy atom. The Balaban J connectivity index is 4.49. The second kappa shape index (κ2) is 10.2. The van der Waals surface area contributed by atoms with Gasteiger partial charge in [0.05, 0.1) is 6.04 Å². The van der Waals surface area contributed by atoms with Gasteiger partial charge >= 0.3 is 0 Å². The first-order chi connectivity index (χ1) is 8.96. The molecule has 0 fully saturated rings. The Kier molecular flexibility index (Phi) is 9.88. The van der Waals surface area contributed by atoms with Gasteiger partial charge in [-0.2, -0.15) is 0 Å². The first kappa shape index (κ1) is 18.4. The van der Waals surface area contributed by atoms with Gasteiger partial charge in [0.2, 0.25) is 5.91 Å². The summed E-state index contributed by atoms with van der Waals surface area (Å²) in [6.07, 6.45) is 2.92. The van der Waals surface area contributed by atoms with Gasteiger partial charge in [0, 0.05) is 19.1 Å². The number of rotatable bonds is 10. The maximum atomic E-state index is 12.3. The number of carbonyl (C=O) groups excluding carboxylic acids is 1. The average Bonchev–Trinajstić information content (AvgIpc) is 2.39. The molecule has 0 aliphatic rings. The molecule has 0 saturated carbocycles. The number of carbonyl (C=O) groups is 1. The lowest BCUT2D eigenvalue weighted by Crippen LogP contribution is -2.49. The fourth-order valence-corrected chi connectivity index (χ4v) is 2.19. The Morgan fingerprint density at radius 2 is 1.79 bits per heavy atom. The predicted molar refractivity (Wildman–Crippen MR) is 82.1 cm³/mol. The predicted octanol–water partition coefficient (Wildman–Crippen LogP) is 1.99. The zero-order chi connectivity index (χ0) is 14.8. The molecular formula is C15H33N3O. The van der Waals surface area contributed by atoms with Crippen LogP contribution in [-0.4, -0.2) is 42.5 Å². The van der Waals surface area contributed by atoms with Crippen molar-refractivity contribution in [3.63, 3.8) is 0 Å². The Bertz CT molecular complexity index is 240. The molecule has 0 spiro atoms. The zero-order valence-corrected chi connectivity index (χ0v) is 13.4. The van der Waals surface area contributed by atoms with Crippen LogP contribution in [0.1, 0.15) is 53.9 Å². The van der Waals surface area contributed by atoms with Crippen molar-refractivity contribution in [2.75, 3.05) is 19.6 Å². The lowest BCUT2D eigenvalue weighted by atomic mass is 10.1. The van der Waals surface area contributed by atoms with Gasteiger partial charge in [-0.05, 0) is 38.6 Å². The van der Waals surface area contributed by atoms with E-state index in [9.17, 15) is 4.79 Å². The number of nitrogens with two attached hydrogens (primary N) is 1. The molecule has 1 amide bonds. The van der Waals surface area contributed by atoms with Gasteiger partial charge in [0.15, 0.2) is 0 Å². The number of hydrogen-bond acceptors (Lipinski definition) is 3. The van der Waals surface area contributed by atoms with Crippen LogP contribution in [0.4, 0.5) is 0 Å². The van der Waals surface area contributed by atoms with Gasteiger partial charge in [0.1, 0.15) is 0 Å². The molecule has 0 aromatic heterocycles. The van der Waals surface area contributed by atoms with Crippen molar-refractivity contribution < 1.29 is 4.79 Å². The fraction of sp³-hybridized carbons (Fsp3) is 0.933. The summed E-state index contributed by atoms with van der Waals surface area (Å²) in [7, 11) is 0. The van der Waals surface area contributed by atoms with Gasteiger partial charge in [-0.3, -0.25) is 9.69 Å². The third kappa shape index (κ3) is 7.53. The van der Waals surface area contributed by atoms with Crippen molar-refractivity contribution in [2.24, 2.45) is 11.7 Å². The molecule has 0 radical (unpaired) electrons. The number of nitrogens with zero attached hydrogens (tertiary/aromatic N) is 1. The highest BCUT2D eigenvalue weighted by molar-refractivity contribution is 5.81. The van der Waals surface area contributed by atoms with Crippen molar-refractivity contribution in [2.45, 2.75) is 66.0 Å². The van der Waals surface area contributed by atoms with Gasteiger partial charge in [-0.1, -0.05) is 27.7 Å². The Morgan fingerprint density at radius 1 is 1.21 bits per heavy atom. The smallest absolute Gasteiger partial charge is 0.237 e. The van der Waals surface area contributed by atoms with E-state index < -0.39 is 0 Å². The summed E-state index contributed by atoms with van der Waals surface area (Å²) in [5.74, 6) is 0.701. The van der Waals surface area contributed by atoms with E-state index >= 15 is 0 Å². The van der Waals surface area contributed by atoms with Crippen LogP contribution in [0.2, 0.25) is 0 Å². The molecule has 0 aliphatic heterocycles. The summed E-state index contributed by atoms with van der Waals surface area (Å²) in [5, 5.41) is 3.13. The van der Waals surface area contributed by atoms with Crippen LogP contribution in [0.15, 0.2) is 0 Å². The van der Waals surface area contributed by atoms with Crippen LogP contribution in [-0.2, 0) is 4.79 Å². The van der Waals surface area contributed by atoms with E-state index in [0.29, 0.717) is 18.5 Å². The number of hydrogen-bond donors (Lipinski definition) is 2. The molecular weight excluding hydrogens is 238 g/mol. The van der Waals surface area contributed by atoms with Crippen LogP contribution in [0, 0.1) is 5.92 Å². The first-order valence-corrected chi connectivity index (χ1v) is 7.70. The minimum Gasteiger partial charge on any atom is -0.352 e. The Hall–Kier alpha value is -0.610. The molecule has 0 bridgehead atoms. The number of nitrogens with one attached hydrogen (secondary N) is 1. The minimum atomic E-state index is -0.0745. The highest BCUT2D eigenvalue weighted by Crippen LogP contribution is 2.07. The maximum Gasteiger partial charge on any atom is 0.237 e. The van der Waals surface area contributed by atoms with E-state index in [1.54, 1.807) is 0 Å². The first-order valence-electron chi connectivity index (χ1n) is 7.70. The van der Waals surface area contributed by atoms with Crippen molar-refractivity contribution in [1.29, 1.82) is 0 Å². The van der Waals surface area contributed by atoms with Crippen LogP contribution >= 0.6 is 0 Å². The summed E-state index contributed by atoms with van der Waals surface area (Å²) in [4.78, 5) is 14.5. The molecule has 4 heteroatoms. The zero-order valence-electron chi connectivity index (χ0n) is 13.4. The second-order valence-electron chi connectivity index (χ2n) is 5.73. The molecule has 0 aromatic carbocycles. The summed E-state index contributed by atoms with van der Waals surface area (Å²) in [6, 6.07) is 0.222. The molecule has 1 atom stereocenters. The van der Waals surface area contributed by atoms with Crippen molar-refractivity contribution in [3.05, 3.63) is 0 Å².